The van der Waals surface area contributed by atoms with E-state index in [4.69, 9.17) is 4.52 Å². The highest BCUT2D eigenvalue weighted by Gasteiger charge is 2.26. The molecular formula is C18H24N4O2. The van der Waals surface area contributed by atoms with E-state index in [0.717, 1.165) is 54.5 Å². The van der Waals surface area contributed by atoms with Crippen LogP contribution < -0.4 is 0 Å². The number of aromatic nitrogens is 3. The first-order chi connectivity index (χ1) is 11.5. The maximum absolute atomic E-state index is 12.6. The van der Waals surface area contributed by atoms with Crippen molar-refractivity contribution in [2.45, 2.75) is 52.4 Å². The summed E-state index contributed by atoms with van der Waals surface area (Å²) >= 11 is 0. The normalized spacial score (nSPS) is 18.0. The van der Waals surface area contributed by atoms with Gasteiger partial charge in [-0.25, -0.2) is 9.97 Å². The van der Waals surface area contributed by atoms with Crippen LogP contribution in [0.3, 0.4) is 0 Å². The van der Waals surface area contributed by atoms with E-state index in [1.165, 1.54) is 0 Å². The Kier molecular flexibility index (Phi) is 4.92. The van der Waals surface area contributed by atoms with Gasteiger partial charge in [-0.1, -0.05) is 5.16 Å². The Bertz CT molecular complexity index is 706. The Morgan fingerprint density at radius 1 is 1.38 bits per heavy atom. The summed E-state index contributed by atoms with van der Waals surface area (Å²) in [6.07, 6.45) is 5.08. The molecule has 0 spiro atoms. The van der Waals surface area contributed by atoms with E-state index in [-0.39, 0.29) is 5.91 Å². The number of carbonyl (C=O) groups excluding carboxylic acids is 1. The monoisotopic (exact) mass is 328 g/mol. The summed E-state index contributed by atoms with van der Waals surface area (Å²) in [5.41, 5.74) is 2.99. The minimum Gasteiger partial charge on any atom is -0.361 e. The van der Waals surface area contributed by atoms with E-state index in [9.17, 15) is 4.79 Å². The van der Waals surface area contributed by atoms with Crippen molar-refractivity contribution in [2.75, 3.05) is 13.1 Å². The molecule has 1 unspecified atom stereocenters. The Labute approximate surface area is 142 Å². The number of piperidine rings is 1. The summed E-state index contributed by atoms with van der Waals surface area (Å²) in [7, 11) is 0. The highest BCUT2D eigenvalue weighted by Crippen LogP contribution is 2.26. The molecule has 1 aliphatic rings. The van der Waals surface area contributed by atoms with E-state index in [2.05, 4.69) is 15.1 Å². The maximum Gasteiger partial charge on any atom is 0.222 e. The smallest absolute Gasteiger partial charge is 0.222 e. The summed E-state index contributed by atoms with van der Waals surface area (Å²) in [5.74, 6) is 2.11. The van der Waals surface area contributed by atoms with Gasteiger partial charge in [-0.3, -0.25) is 4.79 Å². The SMILES string of the molecule is Cc1nccc(C2CCCN(C(=O)CCc3c(C)noc3C)C2)n1. The second-order valence-electron chi connectivity index (χ2n) is 6.51. The molecule has 0 saturated carbocycles. The van der Waals surface area contributed by atoms with Gasteiger partial charge in [0, 0.05) is 42.9 Å². The van der Waals surface area contributed by atoms with Crippen LogP contribution in [0.1, 0.15) is 53.7 Å². The number of hydrogen-bond donors (Lipinski definition) is 0. The molecule has 6 heteroatoms. The van der Waals surface area contributed by atoms with Gasteiger partial charge in [0.05, 0.1) is 5.69 Å². The minimum atomic E-state index is 0.200. The quantitative estimate of drug-likeness (QED) is 0.863. The van der Waals surface area contributed by atoms with Gasteiger partial charge in [0.15, 0.2) is 0 Å². The van der Waals surface area contributed by atoms with E-state index in [0.29, 0.717) is 18.8 Å². The first-order valence-electron chi connectivity index (χ1n) is 8.53. The van der Waals surface area contributed by atoms with E-state index in [1.54, 1.807) is 6.20 Å². The topological polar surface area (TPSA) is 72.1 Å². The fourth-order valence-electron chi connectivity index (χ4n) is 3.40. The molecular weight excluding hydrogens is 304 g/mol. The molecule has 2 aromatic rings. The summed E-state index contributed by atoms with van der Waals surface area (Å²) in [6, 6.07) is 1.97. The molecule has 2 aromatic heterocycles. The molecule has 0 radical (unpaired) electrons. The molecule has 128 valence electrons. The molecule has 1 fully saturated rings. The highest BCUT2D eigenvalue weighted by molar-refractivity contribution is 5.76. The average molecular weight is 328 g/mol. The lowest BCUT2D eigenvalue weighted by atomic mass is 9.94. The predicted octanol–water partition coefficient (Wildman–Crippen LogP) is 2.73. The molecule has 6 nitrogen and oxygen atoms in total. The van der Waals surface area contributed by atoms with E-state index < -0.39 is 0 Å². The third-order valence-corrected chi connectivity index (χ3v) is 4.76. The van der Waals surface area contributed by atoms with Crippen molar-refractivity contribution in [1.82, 2.24) is 20.0 Å². The van der Waals surface area contributed by atoms with Gasteiger partial charge in [0.25, 0.3) is 0 Å². The first-order valence-corrected chi connectivity index (χ1v) is 8.53. The molecule has 3 rings (SSSR count). The number of carbonyl (C=O) groups is 1. The summed E-state index contributed by atoms with van der Waals surface area (Å²) in [5, 5.41) is 3.95. The number of hydrogen-bond acceptors (Lipinski definition) is 5. The molecule has 1 amide bonds. The zero-order valence-corrected chi connectivity index (χ0v) is 14.6. The molecule has 1 saturated heterocycles. The first kappa shape index (κ1) is 16.6. The van der Waals surface area contributed by atoms with Crippen LogP contribution in [0.15, 0.2) is 16.8 Å². The van der Waals surface area contributed by atoms with Gasteiger partial charge in [-0.15, -0.1) is 0 Å². The van der Waals surface area contributed by atoms with Crippen LogP contribution in [0.2, 0.25) is 0 Å². The summed E-state index contributed by atoms with van der Waals surface area (Å²) in [6.45, 7) is 7.30. The van der Waals surface area contributed by atoms with Gasteiger partial charge in [-0.05, 0) is 46.1 Å². The lowest BCUT2D eigenvalue weighted by molar-refractivity contribution is -0.132. The molecule has 24 heavy (non-hydrogen) atoms. The largest absolute Gasteiger partial charge is 0.361 e. The molecule has 0 aliphatic carbocycles. The van der Waals surface area contributed by atoms with Crippen molar-refractivity contribution in [3.05, 3.63) is 40.8 Å². The van der Waals surface area contributed by atoms with Crippen LogP contribution in [0.4, 0.5) is 0 Å². The Morgan fingerprint density at radius 3 is 2.92 bits per heavy atom. The van der Waals surface area contributed by atoms with Gasteiger partial charge in [0.1, 0.15) is 11.6 Å². The molecule has 1 aliphatic heterocycles. The Hall–Kier alpha value is -2.24. The fraction of sp³-hybridized carbons (Fsp3) is 0.556. The second kappa shape index (κ2) is 7.11. The standard InChI is InChI=1S/C18H24N4O2/c1-12-16(13(2)24-21-12)6-7-18(23)22-10-4-5-15(11-22)17-8-9-19-14(3)20-17/h8-9,15H,4-7,10-11H2,1-3H3. The van der Waals surface area contributed by atoms with Crippen molar-refractivity contribution in [3.8, 4) is 0 Å². The third kappa shape index (κ3) is 3.63. The number of aryl methyl sites for hydroxylation is 3. The highest BCUT2D eigenvalue weighted by atomic mass is 16.5. The maximum atomic E-state index is 12.6. The minimum absolute atomic E-state index is 0.200. The van der Waals surface area contributed by atoms with E-state index in [1.807, 2.05) is 31.7 Å². The van der Waals surface area contributed by atoms with Crippen LogP contribution in [-0.2, 0) is 11.2 Å². The zero-order chi connectivity index (χ0) is 17.1. The number of likely N-dealkylation sites (tertiary alicyclic amines) is 1. The number of rotatable bonds is 4. The van der Waals surface area contributed by atoms with Gasteiger partial charge >= 0.3 is 0 Å². The van der Waals surface area contributed by atoms with Crippen molar-refractivity contribution in [1.29, 1.82) is 0 Å². The number of amides is 1. The van der Waals surface area contributed by atoms with Crippen molar-refractivity contribution >= 4 is 5.91 Å². The molecule has 0 aromatic carbocycles. The Morgan fingerprint density at radius 2 is 2.21 bits per heavy atom. The molecule has 0 N–H and O–H groups in total. The lowest BCUT2D eigenvalue weighted by Gasteiger charge is -2.32. The summed E-state index contributed by atoms with van der Waals surface area (Å²) < 4.78 is 5.17. The van der Waals surface area contributed by atoms with Crippen molar-refractivity contribution < 1.29 is 9.32 Å². The van der Waals surface area contributed by atoms with Crippen LogP contribution in [0, 0.1) is 20.8 Å². The Balaban J connectivity index is 1.61. The van der Waals surface area contributed by atoms with Gasteiger partial charge < -0.3 is 9.42 Å². The van der Waals surface area contributed by atoms with Gasteiger partial charge in [-0.2, -0.15) is 0 Å². The average Bonchev–Trinajstić information content (AvgIpc) is 2.91. The van der Waals surface area contributed by atoms with Gasteiger partial charge in [0.2, 0.25) is 5.91 Å². The molecule has 3 heterocycles. The van der Waals surface area contributed by atoms with E-state index >= 15 is 0 Å². The number of nitrogens with zero attached hydrogens (tertiary/aromatic N) is 4. The van der Waals surface area contributed by atoms with Crippen molar-refractivity contribution in [3.63, 3.8) is 0 Å². The molecule has 1 atom stereocenters. The third-order valence-electron chi connectivity index (χ3n) is 4.76. The summed E-state index contributed by atoms with van der Waals surface area (Å²) in [4.78, 5) is 23.3. The van der Waals surface area contributed by atoms with Crippen LogP contribution in [0.5, 0.6) is 0 Å². The molecule has 0 bridgehead atoms. The van der Waals surface area contributed by atoms with Crippen molar-refractivity contribution in [2.24, 2.45) is 0 Å². The predicted molar refractivity (Wildman–Crippen MR) is 89.6 cm³/mol. The second-order valence-corrected chi connectivity index (χ2v) is 6.51. The van der Waals surface area contributed by atoms with Crippen LogP contribution in [-0.4, -0.2) is 39.0 Å². The van der Waals surface area contributed by atoms with Crippen LogP contribution in [0.25, 0.3) is 0 Å². The zero-order valence-electron chi connectivity index (χ0n) is 14.6. The fourth-order valence-corrected chi connectivity index (χ4v) is 3.40. The lowest BCUT2D eigenvalue weighted by Crippen LogP contribution is -2.39. The van der Waals surface area contributed by atoms with Crippen LogP contribution >= 0.6 is 0 Å².